The zero-order chi connectivity index (χ0) is 13.2. The van der Waals surface area contributed by atoms with E-state index in [9.17, 15) is 4.39 Å². The van der Waals surface area contributed by atoms with Crippen molar-refractivity contribution in [1.29, 1.82) is 0 Å². The summed E-state index contributed by atoms with van der Waals surface area (Å²) in [6, 6.07) is 4.34. The van der Waals surface area contributed by atoms with Crippen molar-refractivity contribution in [2.24, 2.45) is 0 Å². The largest absolute Gasteiger partial charge is 0.493 e. The molecule has 3 nitrogen and oxygen atoms in total. The van der Waals surface area contributed by atoms with E-state index in [1.54, 1.807) is 13.2 Å². The first kappa shape index (κ1) is 14.5. The molecule has 0 spiro atoms. The predicted molar refractivity (Wildman–Crippen MR) is 67.0 cm³/mol. The van der Waals surface area contributed by atoms with Gasteiger partial charge in [-0.05, 0) is 12.1 Å². The summed E-state index contributed by atoms with van der Waals surface area (Å²) in [5.74, 6) is 5.59. The molecule has 0 aliphatic rings. The van der Waals surface area contributed by atoms with E-state index < -0.39 is 0 Å². The van der Waals surface area contributed by atoms with Gasteiger partial charge in [-0.3, -0.25) is 0 Å². The Bertz CT molecular complexity index is 421. The molecule has 0 unspecified atom stereocenters. The maximum absolute atomic E-state index is 13.3. The minimum absolute atomic E-state index is 0.00267. The standard InChI is InChI=1S/C14H17FO3/c1-17-7-4-8-18-14-10-12(5-2-3-6-16)9-13(15)11-14/h9-11,16H,3-4,6-8H2,1H3. The van der Waals surface area contributed by atoms with Crippen LogP contribution in [0.5, 0.6) is 5.75 Å². The lowest BCUT2D eigenvalue weighted by Gasteiger charge is -2.06. The van der Waals surface area contributed by atoms with Gasteiger partial charge in [0.2, 0.25) is 0 Å². The van der Waals surface area contributed by atoms with Crippen molar-refractivity contribution in [2.45, 2.75) is 12.8 Å². The molecule has 0 fully saturated rings. The highest BCUT2D eigenvalue weighted by Gasteiger charge is 2.00. The van der Waals surface area contributed by atoms with Crippen molar-refractivity contribution in [3.8, 4) is 17.6 Å². The van der Waals surface area contributed by atoms with Gasteiger partial charge in [0, 0.05) is 38.2 Å². The lowest BCUT2D eigenvalue weighted by Crippen LogP contribution is -2.01. The normalized spacial score (nSPS) is 9.72. The summed E-state index contributed by atoms with van der Waals surface area (Å²) in [6.07, 6.45) is 1.12. The number of ether oxygens (including phenoxy) is 2. The first-order valence-electron chi connectivity index (χ1n) is 5.78. The van der Waals surface area contributed by atoms with Crippen molar-refractivity contribution < 1.29 is 19.0 Å². The Morgan fingerprint density at radius 2 is 2.11 bits per heavy atom. The average Bonchev–Trinajstić information content (AvgIpc) is 2.34. The third-order valence-corrected chi connectivity index (χ3v) is 2.10. The molecule has 0 atom stereocenters. The molecular formula is C14H17FO3. The summed E-state index contributed by atoms with van der Waals surface area (Å²) in [7, 11) is 1.62. The van der Waals surface area contributed by atoms with Gasteiger partial charge >= 0.3 is 0 Å². The second kappa shape index (κ2) is 8.51. The van der Waals surface area contributed by atoms with Crippen molar-refractivity contribution in [3.05, 3.63) is 29.6 Å². The van der Waals surface area contributed by atoms with E-state index in [0.717, 1.165) is 6.42 Å². The highest BCUT2D eigenvalue weighted by atomic mass is 19.1. The van der Waals surface area contributed by atoms with Gasteiger partial charge in [-0.2, -0.15) is 0 Å². The van der Waals surface area contributed by atoms with Crippen LogP contribution in [-0.2, 0) is 4.74 Å². The summed E-state index contributed by atoms with van der Waals surface area (Å²) < 4.78 is 23.6. The van der Waals surface area contributed by atoms with Crippen LogP contribution in [0.15, 0.2) is 18.2 Å². The van der Waals surface area contributed by atoms with Crippen LogP contribution in [0.3, 0.4) is 0 Å². The van der Waals surface area contributed by atoms with Crippen LogP contribution < -0.4 is 4.74 Å². The molecule has 1 aromatic rings. The lowest BCUT2D eigenvalue weighted by molar-refractivity contribution is 0.172. The molecule has 1 rings (SSSR count). The Balaban J connectivity index is 2.60. The van der Waals surface area contributed by atoms with Gasteiger partial charge in [-0.25, -0.2) is 4.39 Å². The molecule has 0 heterocycles. The molecule has 0 bridgehead atoms. The van der Waals surface area contributed by atoms with Crippen LogP contribution >= 0.6 is 0 Å². The number of aliphatic hydroxyl groups excluding tert-OH is 1. The maximum atomic E-state index is 13.3. The van der Waals surface area contributed by atoms with Gasteiger partial charge < -0.3 is 14.6 Å². The van der Waals surface area contributed by atoms with Crippen molar-refractivity contribution in [2.75, 3.05) is 26.9 Å². The quantitative estimate of drug-likeness (QED) is 0.621. The fourth-order valence-corrected chi connectivity index (χ4v) is 1.33. The summed E-state index contributed by atoms with van der Waals surface area (Å²) in [5.41, 5.74) is 0.546. The topological polar surface area (TPSA) is 38.7 Å². The van der Waals surface area contributed by atoms with Crippen molar-refractivity contribution in [1.82, 2.24) is 0 Å². The minimum atomic E-state index is -0.382. The predicted octanol–water partition coefficient (Wildman–Crippen LogP) is 1.97. The monoisotopic (exact) mass is 252 g/mol. The number of hydrogen-bond donors (Lipinski definition) is 1. The molecule has 0 saturated heterocycles. The Labute approximate surface area is 107 Å². The Morgan fingerprint density at radius 1 is 1.28 bits per heavy atom. The SMILES string of the molecule is COCCCOc1cc(F)cc(C#CCCO)c1. The molecule has 0 amide bonds. The summed E-state index contributed by atoms with van der Waals surface area (Å²) in [5, 5.41) is 8.61. The first-order chi connectivity index (χ1) is 8.76. The molecule has 18 heavy (non-hydrogen) atoms. The number of halogens is 1. The van der Waals surface area contributed by atoms with E-state index in [0.29, 0.717) is 30.9 Å². The highest BCUT2D eigenvalue weighted by Crippen LogP contribution is 2.16. The lowest BCUT2D eigenvalue weighted by atomic mass is 10.2. The first-order valence-corrected chi connectivity index (χ1v) is 5.78. The molecule has 0 radical (unpaired) electrons. The van der Waals surface area contributed by atoms with E-state index in [-0.39, 0.29) is 12.4 Å². The van der Waals surface area contributed by atoms with Gasteiger partial charge in [0.05, 0.1) is 13.2 Å². The summed E-state index contributed by atoms with van der Waals surface area (Å²) in [6.45, 7) is 1.09. The second-order valence-corrected chi connectivity index (χ2v) is 3.65. The van der Waals surface area contributed by atoms with E-state index in [2.05, 4.69) is 11.8 Å². The molecule has 0 saturated carbocycles. The highest BCUT2D eigenvalue weighted by molar-refractivity contribution is 5.40. The molecule has 98 valence electrons. The van der Waals surface area contributed by atoms with Crippen molar-refractivity contribution in [3.63, 3.8) is 0 Å². The summed E-state index contributed by atoms with van der Waals surface area (Å²) in [4.78, 5) is 0. The van der Waals surface area contributed by atoms with Crippen LogP contribution in [0.1, 0.15) is 18.4 Å². The smallest absolute Gasteiger partial charge is 0.128 e. The van der Waals surface area contributed by atoms with Gasteiger partial charge in [-0.15, -0.1) is 0 Å². The van der Waals surface area contributed by atoms with Crippen molar-refractivity contribution >= 4 is 0 Å². The number of rotatable bonds is 6. The van der Waals surface area contributed by atoms with Crippen LogP contribution in [0.2, 0.25) is 0 Å². The average molecular weight is 252 g/mol. The molecule has 0 aromatic heterocycles. The zero-order valence-corrected chi connectivity index (χ0v) is 10.4. The Kier molecular flexibility index (Phi) is 6.85. The summed E-state index contributed by atoms with van der Waals surface area (Å²) >= 11 is 0. The maximum Gasteiger partial charge on any atom is 0.128 e. The van der Waals surface area contributed by atoms with Gasteiger partial charge in [0.25, 0.3) is 0 Å². The fourth-order valence-electron chi connectivity index (χ4n) is 1.33. The second-order valence-electron chi connectivity index (χ2n) is 3.65. The Morgan fingerprint density at radius 3 is 2.83 bits per heavy atom. The van der Waals surface area contributed by atoms with E-state index >= 15 is 0 Å². The molecular weight excluding hydrogens is 235 g/mol. The number of aliphatic hydroxyl groups is 1. The number of methoxy groups -OCH3 is 1. The van der Waals surface area contributed by atoms with Gasteiger partial charge in [-0.1, -0.05) is 11.8 Å². The van der Waals surface area contributed by atoms with Gasteiger partial charge in [0.1, 0.15) is 11.6 Å². The van der Waals surface area contributed by atoms with Crippen LogP contribution in [0.4, 0.5) is 4.39 Å². The van der Waals surface area contributed by atoms with E-state index in [1.165, 1.54) is 12.1 Å². The number of benzene rings is 1. The molecule has 0 aliphatic heterocycles. The number of hydrogen-bond acceptors (Lipinski definition) is 3. The third kappa shape index (κ3) is 5.67. The third-order valence-electron chi connectivity index (χ3n) is 2.10. The Hall–Kier alpha value is -1.57. The molecule has 4 heteroatoms. The van der Waals surface area contributed by atoms with Crippen LogP contribution in [-0.4, -0.2) is 32.0 Å². The zero-order valence-electron chi connectivity index (χ0n) is 10.4. The van der Waals surface area contributed by atoms with Crippen LogP contribution in [0, 0.1) is 17.7 Å². The molecule has 0 aliphatic carbocycles. The van der Waals surface area contributed by atoms with Crippen LogP contribution in [0.25, 0.3) is 0 Å². The van der Waals surface area contributed by atoms with E-state index in [1.807, 2.05) is 0 Å². The molecule has 1 N–H and O–H groups in total. The van der Waals surface area contributed by atoms with Gasteiger partial charge in [0.15, 0.2) is 0 Å². The van der Waals surface area contributed by atoms with E-state index in [4.69, 9.17) is 14.6 Å². The molecule has 1 aromatic carbocycles. The fraction of sp³-hybridized carbons (Fsp3) is 0.429. The minimum Gasteiger partial charge on any atom is -0.493 e.